The van der Waals surface area contributed by atoms with Gasteiger partial charge in [-0.2, -0.15) is 0 Å². The summed E-state index contributed by atoms with van der Waals surface area (Å²) in [6.45, 7) is 11.5. The van der Waals surface area contributed by atoms with E-state index in [1.165, 1.54) is 0 Å². The summed E-state index contributed by atoms with van der Waals surface area (Å²) in [6, 6.07) is 8.31. The van der Waals surface area contributed by atoms with E-state index >= 15 is 0 Å². The van der Waals surface area contributed by atoms with Gasteiger partial charge in [0.2, 0.25) is 0 Å². The zero-order valence-electron chi connectivity index (χ0n) is 13.7. The fraction of sp³-hybridized carbons (Fsp3) is 0.500. The summed E-state index contributed by atoms with van der Waals surface area (Å²) in [5.74, 6) is 1.50. The van der Waals surface area contributed by atoms with E-state index < -0.39 is 0 Å². The summed E-state index contributed by atoms with van der Waals surface area (Å²) in [5.41, 5.74) is 3.32. The van der Waals surface area contributed by atoms with Gasteiger partial charge in [0, 0.05) is 23.3 Å². The van der Waals surface area contributed by atoms with Crippen molar-refractivity contribution in [2.45, 2.75) is 47.1 Å². The van der Waals surface area contributed by atoms with Gasteiger partial charge in [-0.15, -0.1) is 0 Å². The average Bonchev–Trinajstić information content (AvgIpc) is 2.38. The lowest BCUT2D eigenvalue weighted by Gasteiger charge is -2.14. The van der Waals surface area contributed by atoms with Crippen molar-refractivity contribution in [1.82, 2.24) is 4.98 Å². The lowest BCUT2D eigenvalue weighted by molar-refractivity contribution is 0.243. The Morgan fingerprint density at radius 2 is 1.90 bits per heavy atom. The van der Waals surface area contributed by atoms with Crippen molar-refractivity contribution in [3.63, 3.8) is 0 Å². The number of nitrogens with one attached hydrogen (secondary N) is 1. The number of hydrogen-bond donors (Lipinski definition) is 1. The van der Waals surface area contributed by atoms with Crippen molar-refractivity contribution in [1.29, 1.82) is 0 Å². The molecule has 3 nitrogen and oxygen atoms in total. The zero-order valence-corrected chi connectivity index (χ0v) is 13.7. The topological polar surface area (TPSA) is 34.2 Å². The second-order valence-corrected chi connectivity index (χ2v) is 6.14. The van der Waals surface area contributed by atoms with Gasteiger partial charge in [-0.3, -0.25) is 4.98 Å². The quantitative estimate of drug-likeness (QED) is 0.839. The Hall–Kier alpha value is -1.77. The van der Waals surface area contributed by atoms with Crippen molar-refractivity contribution in [3.05, 3.63) is 30.0 Å². The lowest BCUT2D eigenvalue weighted by atomic mass is 10.1. The van der Waals surface area contributed by atoms with Crippen molar-refractivity contribution < 1.29 is 4.74 Å². The van der Waals surface area contributed by atoms with Gasteiger partial charge < -0.3 is 10.1 Å². The number of benzene rings is 1. The SMILES string of the molecule is CCNc1cc(CC(C)C)nc2ccc(OC(C)C)cc12. The molecule has 1 aromatic carbocycles. The van der Waals surface area contributed by atoms with Crippen LogP contribution in [0.4, 0.5) is 5.69 Å². The fourth-order valence-corrected chi connectivity index (χ4v) is 2.46. The van der Waals surface area contributed by atoms with Gasteiger partial charge in [-0.1, -0.05) is 13.8 Å². The molecule has 2 aromatic rings. The van der Waals surface area contributed by atoms with Crippen molar-refractivity contribution in [2.75, 3.05) is 11.9 Å². The highest BCUT2D eigenvalue weighted by Crippen LogP contribution is 2.28. The molecule has 0 bridgehead atoms. The minimum atomic E-state index is 0.179. The number of nitrogens with zero attached hydrogens (tertiary/aromatic N) is 1. The lowest BCUT2D eigenvalue weighted by Crippen LogP contribution is -2.06. The maximum Gasteiger partial charge on any atom is 0.120 e. The van der Waals surface area contributed by atoms with Crippen LogP contribution in [0.3, 0.4) is 0 Å². The van der Waals surface area contributed by atoms with E-state index in [1.807, 2.05) is 19.9 Å². The molecular weight excluding hydrogens is 260 g/mol. The van der Waals surface area contributed by atoms with E-state index in [0.717, 1.165) is 41.0 Å². The van der Waals surface area contributed by atoms with Gasteiger partial charge in [0.15, 0.2) is 0 Å². The molecule has 0 unspecified atom stereocenters. The molecule has 114 valence electrons. The number of aromatic nitrogens is 1. The molecule has 1 heterocycles. The van der Waals surface area contributed by atoms with Crippen molar-refractivity contribution in [3.8, 4) is 5.75 Å². The highest BCUT2D eigenvalue weighted by atomic mass is 16.5. The summed E-state index contributed by atoms with van der Waals surface area (Å²) >= 11 is 0. The molecule has 0 aliphatic heterocycles. The molecule has 0 fully saturated rings. The molecule has 1 aromatic heterocycles. The average molecular weight is 286 g/mol. The largest absolute Gasteiger partial charge is 0.491 e. The number of pyridine rings is 1. The second-order valence-electron chi connectivity index (χ2n) is 6.14. The van der Waals surface area contributed by atoms with Gasteiger partial charge in [0.25, 0.3) is 0 Å². The highest BCUT2D eigenvalue weighted by Gasteiger charge is 2.09. The van der Waals surface area contributed by atoms with Gasteiger partial charge in [-0.05, 0) is 57.4 Å². The first-order valence-electron chi connectivity index (χ1n) is 7.83. The predicted octanol–water partition coefficient (Wildman–Crippen LogP) is 4.65. The number of rotatable bonds is 6. The number of anilines is 1. The molecule has 0 amide bonds. The predicted molar refractivity (Wildman–Crippen MR) is 90.2 cm³/mol. The molecule has 21 heavy (non-hydrogen) atoms. The third-order valence-electron chi connectivity index (χ3n) is 3.19. The molecule has 0 radical (unpaired) electrons. The van der Waals surface area contributed by atoms with Crippen LogP contribution in [0.2, 0.25) is 0 Å². The maximum absolute atomic E-state index is 5.79. The van der Waals surface area contributed by atoms with Crippen LogP contribution in [-0.2, 0) is 6.42 Å². The number of hydrogen-bond acceptors (Lipinski definition) is 3. The van der Waals surface area contributed by atoms with E-state index in [-0.39, 0.29) is 6.10 Å². The van der Waals surface area contributed by atoms with Crippen molar-refractivity contribution >= 4 is 16.6 Å². The summed E-state index contributed by atoms with van der Waals surface area (Å²) in [5, 5.41) is 4.58. The Balaban J connectivity index is 2.47. The van der Waals surface area contributed by atoms with E-state index in [4.69, 9.17) is 9.72 Å². The van der Waals surface area contributed by atoms with Gasteiger partial charge in [0.1, 0.15) is 5.75 Å². The van der Waals surface area contributed by atoms with Crippen LogP contribution in [0.5, 0.6) is 5.75 Å². The monoisotopic (exact) mass is 286 g/mol. The van der Waals surface area contributed by atoms with E-state index in [1.54, 1.807) is 0 Å². The molecule has 3 heteroatoms. The fourth-order valence-electron chi connectivity index (χ4n) is 2.46. The first-order valence-corrected chi connectivity index (χ1v) is 7.83. The minimum Gasteiger partial charge on any atom is -0.491 e. The minimum absolute atomic E-state index is 0.179. The number of fused-ring (bicyclic) bond motifs is 1. The van der Waals surface area contributed by atoms with Gasteiger partial charge in [0.05, 0.1) is 11.6 Å². The van der Waals surface area contributed by atoms with Crippen LogP contribution in [0.25, 0.3) is 10.9 Å². The maximum atomic E-state index is 5.79. The Morgan fingerprint density at radius 1 is 1.14 bits per heavy atom. The van der Waals surface area contributed by atoms with E-state index in [0.29, 0.717) is 5.92 Å². The van der Waals surface area contributed by atoms with Crippen LogP contribution >= 0.6 is 0 Å². The molecular formula is C18H26N2O. The molecule has 0 aliphatic rings. The van der Waals surface area contributed by atoms with Gasteiger partial charge >= 0.3 is 0 Å². The normalized spacial score (nSPS) is 11.4. The van der Waals surface area contributed by atoms with E-state index in [2.05, 4.69) is 44.3 Å². The van der Waals surface area contributed by atoms with Crippen LogP contribution < -0.4 is 10.1 Å². The molecule has 0 saturated heterocycles. The smallest absolute Gasteiger partial charge is 0.120 e. The Bertz CT molecular complexity index is 605. The summed E-state index contributed by atoms with van der Waals surface area (Å²) in [7, 11) is 0. The standard InChI is InChI=1S/C18H26N2O/c1-6-19-18-10-14(9-12(2)3)20-17-8-7-15(11-16(17)18)21-13(4)5/h7-8,10-13H,6,9H2,1-5H3,(H,19,20). The summed E-state index contributed by atoms with van der Waals surface area (Å²) in [6.07, 6.45) is 1.18. The highest BCUT2D eigenvalue weighted by molar-refractivity contribution is 5.92. The Morgan fingerprint density at radius 3 is 2.52 bits per heavy atom. The zero-order chi connectivity index (χ0) is 15.4. The van der Waals surface area contributed by atoms with E-state index in [9.17, 15) is 0 Å². The van der Waals surface area contributed by atoms with Gasteiger partial charge in [-0.25, -0.2) is 0 Å². The summed E-state index contributed by atoms with van der Waals surface area (Å²) in [4.78, 5) is 4.78. The van der Waals surface area contributed by atoms with Crippen molar-refractivity contribution in [2.24, 2.45) is 5.92 Å². The molecule has 2 rings (SSSR count). The second kappa shape index (κ2) is 6.79. The third kappa shape index (κ3) is 4.10. The third-order valence-corrected chi connectivity index (χ3v) is 3.19. The van der Waals surface area contributed by atoms with Crippen LogP contribution in [-0.4, -0.2) is 17.6 Å². The van der Waals surface area contributed by atoms with Crippen LogP contribution in [0.1, 0.15) is 40.3 Å². The van der Waals surface area contributed by atoms with Crippen LogP contribution in [0.15, 0.2) is 24.3 Å². The molecule has 0 saturated carbocycles. The molecule has 0 atom stereocenters. The Kier molecular flexibility index (Phi) is 5.05. The summed E-state index contributed by atoms with van der Waals surface area (Å²) < 4.78 is 5.79. The molecule has 0 spiro atoms. The first-order chi connectivity index (χ1) is 9.99. The Labute approximate surface area is 127 Å². The number of ether oxygens (including phenoxy) is 1. The molecule has 0 aliphatic carbocycles. The molecule has 1 N–H and O–H groups in total. The first kappa shape index (κ1) is 15.6. The van der Waals surface area contributed by atoms with Crippen LogP contribution in [0, 0.1) is 5.92 Å².